The Labute approximate surface area is 261 Å². The molecule has 0 radical (unpaired) electrons. The summed E-state index contributed by atoms with van der Waals surface area (Å²) in [5.74, 6) is 1.08. The fraction of sp³-hybridized carbons (Fsp3) is 0.276. The van der Waals surface area contributed by atoms with Crippen molar-refractivity contribution in [1.29, 1.82) is 0 Å². The van der Waals surface area contributed by atoms with Crippen molar-refractivity contribution in [3.05, 3.63) is 78.8 Å². The van der Waals surface area contributed by atoms with E-state index in [1.807, 2.05) is 32.9 Å². The van der Waals surface area contributed by atoms with Gasteiger partial charge in [0.25, 0.3) is 11.8 Å². The van der Waals surface area contributed by atoms with Crippen LogP contribution in [0.3, 0.4) is 0 Å². The minimum Gasteiger partial charge on any atom is -0.490 e. The van der Waals surface area contributed by atoms with Crippen molar-refractivity contribution in [2.45, 2.75) is 33.4 Å². The van der Waals surface area contributed by atoms with Gasteiger partial charge in [-0.15, -0.1) is 0 Å². The zero-order valence-electron chi connectivity index (χ0n) is 22.5. The summed E-state index contributed by atoms with van der Waals surface area (Å²) >= 11 is 14.4. The highest BCUT2D eigenvalue weighted by Crippen LogP contribution is 2.35. The van der Waals surface area contributed by atoms with Gasteiger partial charge in [-0.3, -0.25) is 9.59 Å². The molecule has 0 saturated carbocycles. The molecular formula is C29H28Cl2IN3O6. The Morgan fingerprint density at radius 2 is 1.85 bits per heavy atom. The van der Waals surface area contributed by atoms with E-state index in [-0.39, 0.29) is 19.3 Å². The molecule has 9 nitrogen and oxygen atoms in total. The van der Waals surface area contributed by atoms with E-state index in [0.29, 0.717) is 50.8 Å². The molecule has 3 aromatic carbocycles. The van der Waals surface area contributed by atoms with Crippen LogP contribution >= 0.6 is 45.8 Å². The van der Waals surface area contributed by atoms with Crippen LogP contribution in [0.1, 0.15) is 42.3 Å². The maximum Gasteiger partial charge on any atom is 0.262 e. The van der Waals surface area contributed by atoms with Crippen LogP contribution in [0.25, 0.3) is 0 Å². The summed E-state index contributed by atoms with van der Waals surface area (Å²) in [5, 5.41) is 7.95. The third-order valence-corrected chi connectivity index (χ3v) is 7.37. The van der Waals surface area contributed by atoms with E-state index in [2.05, 4.69) is 38.4 Å². The Bertz CT molecular complexity index is 1470. The Hall–Kier alpha value is -3.22. The third kappa shape index (κ3) is 7.96. The van der Waals surface area contributed by atoms with Gasteiger partial charge in [-0.25, -0.2) is 5.43 Å². The van der Waals surface area contributed by atoms with Crippen LogP contribution in [-0.4, -0.2) is 37.5 Å². The maximum atomic E-state index is 12.9. The molecule has 216 valence electrons. The van der Waals surface area contributed by atoms with Crippen molar-refractivity contribution in [2.75, 3.05) is 13.4 Å². The molecule has 4 rings (SSSR count). The number of amides is 2. The van der Waals surface area contributed by atoms with Crippen LogP contribution < -0.4 is 29.7 Å². The summed E-state index contributed by atoms with van der Waals surface area (Å²) in [6.07, 6.45) is 1.50. The molecule has 1 aliphatic heterocycles. The number of nitrogens with zero attached hydrogens (tertiary/aromatic N) is 1. The number of ether oxygens (including phenoxy) is 4. The van der Waals surface area contributed by atoms with Crippen LogP contribution in [0.2, 0.25) is 10.0 Å². The number of nitrogens with one attached hydrogen (secondary N) is 2. The van der Waals surface area contributed by atoms with E-state index in [0.717, 1.165) is 9.13 Å². The lowest BCUT2D eigenvalue weighted by Gasteiger charge is -2.20. The molecule has 41 heavy (non-hydrogen) atoms. The zero-order valence-corrected chi connectivity index (χ0v) is 26.2. The molecule has 3 aromatic rings. The number of hydrogen-bond donors (Lipinski definition) is 2. The van der Waals surface area contributed by atoms with Crippen molar-refractivity contribution in [3.63, 3.8) is 0 Å². The lowest BCUT2D eigenvalue weighted by Crippen LogP contribution is -2.48. The van der Waals surface area contributed by atoms with Gasteiger partial charge in [0.15, 0.2) is 23.0 Å². The Kier molecular flexibility index (Phi) is 10.6. The first-order valence-electron chi connectivity index (χ1n) is 12.7. The molecule has 0 spiro atoms. The molecule has 2 N–H and O–H groups in total. The van der Waals surface area contributed by atoms with Gasteiger partial charge in [-0.1, -0.05) is 43.1 Å². The highest BCUT2D eigenvalue weighted by molar-refractivity contribution is 14.1. The molecule has 2 amide bonds. The van der Waals surface area contributed by atoms with Crippen LogP contribution in [0.4, 0.5) is 0 Å². The molecule has 1 atom stereocenters. The monoisotopic (exact) mass is 711 g/mol. The Balaban J connectivity index is 1.42. The van der Waals surface area contributed by atoms with Gasteiger partial charge in [0.05, 0.1) is 16.4 Å². The third-order valence-electron chi connectivity index (χ3n) is 5.98. The standard InChI is InChI=1S/C29H28Cl2IN3O6/c1-4-38-25-10-17(9-22(32)27(25)39-14-19-5-7-20(30)12-21(19)31)13-33-35-29(37)26(16(2)3)34-28(36)18-6-8-23-24(11-18)41-15-40-23/h5-13,16,26H,4,14-15H2,1-3H3,(H,34,36)(H,35,37)/b33-13-/t26-/m0/s1. The van der Waals surface area contributed by atoms with Crippen LogP contribution in [0.5, 0.6) is 23.0 Å². The van der Waals surface area contributed by atoms with E-state index in [9.17, 15) is 9.59 Å². The van der Waals surface area contributed by atoms with Crippen LogP contribution in [0.15, 0.2) is 53.6 Å². The number of carbonyl (C=O) groups is 2. The lowest BCUT2D eigenvalue weighted by molar-refractivity contribution is -0.123. The molecule has 0 saturated heterocycles. The minimum absolute atomic E-state index is 0.106. The van der Waals surface area contributed by atoms with Gasteiger partial charge < -0.3 is 24.3 Å². The number of hydrogen-bond acceptors (Lipinski definition) is 7. The quantitative estimate of drug-likeness (QED) is 0.139. The molecule has 12 heteroatoms. The number of rotatable bonds is 11. The summed E-state index contributed by atoms with van der Waals surface area (Å²) in [5.41, 5.74) is 4.35. The van der Waals surface area contributed by atoms with Crippen molar-refractivity contribution in [2.24, 2.45) is 11.0 Å². The van der Waals surface area contributed by atoms with E-state index in [1.165, 1.54) is 6.21 Å². The average Bonchev–Trinajstić information content (AvgIpc) is 3.40. The Morgan fingerprint density at radius 1 is 1.07 bits per heavy atom. The first-order chi connectivity index (χ1) is 19.7. The first-order valence-corrected chi connectivity index (χ1v) is 14.6. The van der Waals surface area contributed by atoms with Crippen molar-refractivity contribution in [1.82, 2.24) is 10.7 Å². The average molecular weight is 712 g/mol. The number of halogens is 3. The highest BCUT2D eigenvalue weighted by Gasteiger charge is 2.25. The zero-order chi connectivity index (χ0) is 29.5. The van der Waals surface area contributed by atoms with Gasteiger partial charge in [-0.2, -0.15) is 5.10 Å². The second-order valence-corrected chi connectivity index (χ2v) is 11.3. The predicted molar refractivity (Wildman–Crippen MR) is 166 cm³/mol. The summed E-state index contributed by atoms with van der Waals surface area (Å²) in [6, 6.07) is 12.9. The van der Waals surface area contributed by atoms with Gasteiger partial charge in [0.1, 0.15) is 12.6 Å². The maximum absolute atomic E-state index is 12.9. The van der Waals surface area contributed by atoms with E-state index < -0.39 is 17.9 Å². The number of fused-ring (bicyclic) bond motifs is 1. The molecule has 1 aliphatic rings. The van der Waals surface area contributed by atoms with Gasteiger partial charge >= 0.3 is 0 Å². The minimum atomic E-state index is -0.820. The molecule has 0 aromatic heterocycles. The highest BCUT2D eigenvalue weighted by atomic mass is 127. The molecule has 0 unspecified atom stereocenters. The predicted octanol–water partition coefficient (Wildman–Crippen LogP) is 6.21. The van der Waals surface area contributed by atoms with Gasteiger partial charge in [0, 0.05) is 21.2 Å². The van der Waals surface area contributed by atoms with Crippen molar-refractivity contribution in [3.8, 4) is 23.0 Å². The fourth-order valence-corrected chi connectivity index (χ4v) is 5.14. The summed E-state index contributed by atoms with van der Waals surface area (Å²) in [7, 11) is 0. The van der Waals surface area contributed by atoms with Gasteiger partial charge in [-0.05, 0) is 83.5 Å². The fourth-order valence-electron chi connectivity index (χ4n) is 3.89. The molecule has 0 aliphatic carbocycles. The van der Waals surface area contributed by atoms with Gasteiger partial charge in [0.2, 0.25) is 6.79 Å². The van der Waals surface area contributed by atoms with Crippen LogP contribution in [0, 0.1) is 9.49 Å². The van der Waals surface area contributed by atoms with E-state index in [1.54, 1.807) is 36.4 Å². The smallest absolute Gasteiger partial charge is 0.262 e. The Morgan fingerprint density at radius 3 is 2.59 bits per heavy atom. The number of benzene rings is 3. The summed E-state index contributed by atoms with van der Waals surface area (Å²) < 4.78 is 23.3. The summed E-state index contributed by atoms with van der Waals surface area (Å²) in [6.45, 7) is 6.29. The number of carbonyl (C=O) groups excluding carboxylic acids is 2. The molecule has 1 heterocycles. The van der Waals surface area contributed by atoms with Crippen molar-refractivity contribution >= 4 is 63.8 Å². The lowest BCUT2D eigenvalue weighted by atomic mass is 10.0. The second-order valence-electron chi connectivity index (χ2n) is 9.28. The number of hydrazone groups is 1. The van der Waals surface area contributed by atoms with Crippen LogP contribution in [-0.2, 0) is 11.4 Å². The molecule has 0 bridgehead atoms. The molecular weight excluding hydrogens is 684 g/mol. The SMILES string of the molecule is CCOc1cc(/C=N\NC(=O)[C@@H](NC(=O)c2ccc3c(c2)OCO3)C(C)C)cc(I)c1OCc1ccc(Cl)cc1Cl. The molecule has 0 fully saturated rings. The normalized spacial score (nSPS) is 12.9. The first kappa shape index (κ1) is 30.7. The van der Waals surface area contributed by atoms with E-state index in [4.69, 9.17) is 42.1 Å². The van der Waals surface area contributed by atoms with Crippen molar-refractivity contribution < 1.29 is 28.5 Å². The summed E-state index contributed by atoms with van der Waals surface area (Å²) in [4.78, 5) is 25.8. The second kappa shape index (κ2) is 14.1. The van der Waals surface area contributed by atoms with E-state index >= 15 is 0 Å². The largest absolute Gasteiger partial charge is 0.490 e. The topological polar surface area (TPSA) is 107 Å².